The second-order valence-corrected chi connectivity index (χ2v) is 7.60. The van der Waals surface area contributed by atoms with Gasteiger partial charge < -0.3 is 11.1 Å². The monoisotopic (exact) mass is 281 g/mol. The van der Waals surface area contributed by atoms with Gasteiger partial charge in [-0.1, -0.05) is 20.8 Å². The zero-order valence-corrected chi connectivity index (χ0v) is 12.8. The van der Waals surface area contributed by atoms with Crippen molar-refractivity contribution in [2.45, 2.75) is 58.9 Å². The molecule has 1 unspecified atom stereocenters. The van der Waals surface area contributed by atoms with Crippen molar-refractivity contribution < 1.29 is 4.79 Å². The second kappa shape index (κ2) is 5.59. The fourth-order valence-electron chi connectivity index (χ4n) is 2.51. The van der Waals surface area contributed by atoms with Crippen LogP contribution in [0.2, 0.25) is 0 Å². The van der Waals surface area contributed by atoms with E-state index in [2.05, 4.69) is 31.1 Å². The number of nitrogens with two attached hydrogens (primary N) is 1. The van der Waals surface area contributed by atoms with Crippen molar-refractivity contribution in [3.8, 4) is 0 Å². The van der Waals surface area contributed by atoms with Crippen molar-refractivity contribution in [2.75, 3.05) is 5.32 Å². The third-order valence-electron chi connectivity index (χ3n) is 3.16. The first kappa shape index (κ1) is 14.5. The number of aryl methyl sites for hydroxylation is 2. The van der Waals surface area contributed by atoms with Gasteiger partial charge in [0.2, 0.25) is 5.91 Å². The molecule has 3 N–H and O–H groups in total. The normalized spacial score (nSPS) is 16.2. The lowest BCUT2D eigenvalue weighted by atomic mass is 9.87. The number of hydrogen-bond acceptors (Lipinski definition) is 4. The lowest BCUT2D eigenvalue weighted by Gasteiger charge is -2.22. The SMILES string of the molecule is CC(C)(C)CC(N)CC(=O)Nc1nc2c(s1)CCC2. The Morgan fingerprint density at radius 2 is 2.21 bits per heavy atom. The van der Waals surface area contributed by atoms with E-state index in [1.165, 1.54) is 17.0 Å². The number of fused-ring (bicyclic) bond motifs is 1. The van der Waals surface area contributed by atoms with Crippen LogP contribution in [0.4, 0.5) is 5.13 Å². The van der Waals surface area contributed by atoms with Crippen LogP contribution in [0.5, 0.6) is 0 Å². The standard InChI is InChI=1S/C14H23N3OS/c1-14(2,3)8-9(15)7-12(18)17-13-16-10-5-4-6-11(10)19-13/h9H,4-8,15H2,1-3H3,(H,16,17,18). The third kappa shape index (κ3) is 4.28. The maximum Gasteiger partial charge on any atom is 0.227 e. The van der Waals surface area contributed by atoms with Gasteiger partial charge in [0, 0.05) is 17.3 Å². The number of rotatable bonds is 4. The molecule has 1 heterocycles. The summed E-state index contributed by atoms with van der Waals surface area (Å²) < 4.78 is 0. The number of nitrogens with zero attached hydrogens (tertiary/aromatic N) is 1. The lowest BCUT2D eigenvalue weighted by molar-refractivity contribution is -0.116. The molecule has 1 aromatic rings. The van der Waals surface area contributed by atoms with Crippen LogP contribution in [-0.2, 0) is 17.6 Å². The number of thiazole rings is 1. The van der Waals surface area contributed by atoms with E-state index in [1.54, 1.807) is 11.3 Å². The molecular formula is C14H23N3OS. The molecule has 0 aliphatic heterocycles. The highest BCUT2D eigenvalue weighted by molar-refractivity contribution is 7.15. The van der Waals surface area contributed by atoms with Crippen LogP contribution < -0.4 is 11.1 Å². The number of aromatic nitrogens is 1. The van der Waals surface area contributed by atoms with Crippen LogP contribution in [0.25, 0.3) is 0 Å². The highest BCUT2D eigenvalue weighted by atomic mass is 32.1. The first-order chi connectivity index (χ1) is 8.83. The van der Waals surface area contributed by atoms with Crippen LogP contribution in [0.3, 0.4) is 0 Å². The van der Waals surface area contributed by atoms with Gasteiger partial charge in [-0.25, -0.2) is 4.98 Å². The molecule has 4 nitrogen and oxygen atoms in total. The Hall–Kier alpha value is -0.940. The summed E-state index contributed by atoms with van der Waals surface area (Å²) in [4.78, 5) is 17.7. The molecule has 1 aliphatic carbocycles. The Labute approximate surface area is 118 Å². The van der Waals surface area contributed by atoms with E-state index < -0.39 is 0 Å². The summed E-state index contributed by atoms with van der Waals surface area (Å²) in [6, 6.07) is -0.0909. The molecule has 0 spiro atoms. The molecule has 0 fully saturated rings. The number of carbonyl (C=O) groups is 1. The fraction of sp³-hybridized carbons (Fsp3) is 0.714. The van der Waals surface area contributed by atoms with Crippen molar-refractivity contribution in [3.63, 3.8) is 0 Å². The van der Waals surface area contributed by atoms with Gasteiger partial charge in [-0.15, -0.1) is 11.3 Å². The maximum absolute atomic E-state index is 11.9. The zero-order chi connectivity index (χ0) is 14.0. The van der Waals surface area contributed by atoms with Crippen LogP contribution in [0.1, 0.15) is 50.6 Å². The minimum atomic E-state index is -0.0909. The first-order valence-electron chi connectivity index (χ1n) is 6.87. The molecular weight excluding hydrogens is 258 g/mol. The molecule has 1 amide bonds. The number of nitrogens with one attached hydrogen (secondary N) is 1. The minimum Gasteiger partial charge on any atom is -0.327 e. The molecule has 19 heavy (non-hydrogen) atoms. The number of carbonyl (C=O) groups excluding carboxylic acids is 1. The van der Waals surface area contributed by atoms with E-state index >= 15 is 0 Å². The molecule has 0 radical (unpaired) electrons. The number of hydrogen-bond donors (Lipinski definition) is 2. The largest absolute Gasteiger partial charge is 0.327 e. The van der Waals surface area contributed by atoms with Crippen LogP contribution in [-0.4, -0.2) is 16.9 Å². The van der Waals surface area contributed by atoms with E-state index in [0.29, 0.717) is 6.42 Å². The topological polar surface area (TPSA) is 68.0 Å². The molecule has 2 rings (SSSR count). The van der Waals surface area contributed by atoms with Crippen molar-refractivity contribution in [2.24, 2.45) is 11.1 Å². The van der Waals surface area contributed by atoms with Gasteiger partial charge in [0.1, 0.15) is 0 Å². The number of amides is 1. The van der Waals surface area contributed by atoms with Gasteiger partial charge in [-0.3, -0.25) is 4.79 Å². The molecule has 0 saturated carbocycles. The Kier molecular flexibility index (Phi) is 4.26. The van der Waals surface area contributed by atoms with Gasteiger partial charge in [0.25, 0.3) is 0 Å². The van der Waals surface area contributed by atoms with Gasteiger partial charge in [-0.05, 0) is 31.1 Å². The van der Waals surface area contributed by atoms with Crippen molar-refractivity contribution in [3.05, 3.63) is 10.6 Å². The van der Waals surface area contributed by atoms with Crippen molar-refractivity contribution in [1.29, 1.82) is 0 Å². The second-order valence-electron chi connectivity index (χ2n) is 6.52. The molecule has 0 bridgehead atoms. The van der Waals surface area contributed by atoms with Gasteiger partial charge in [0.15, 0.2) is 5.13 Å². The smallest absolute Gasteiger partial charge is 0.227 e. The van der Waals surface area contributed by atoms with Crippen LogP contribution in [0.15, 0.2) is 0 Å². The molecule has 0 saturated heterocycles. The summed E-state index contributed by atoms with van der Waals surface area (Å²) in [5.41, 5.74) is 7.33. The number of anilines is 1. The Morgan fingerprint density at radius 1 is 1.47 bits per heavy atom. The van der Waals surface area contributed by atoms with E-state index in [-0.39, 0.29) is 17.4 Å². The molecule has 0 aromatic carbocycles. The Bertz CT molecular complexity index is 440. The highest BCUT2D eigenvalue weighted by Crippen LogP contribution is 2.30. The predicted octanol–water partition coefficient (Wildman–Crippen LogP) is 2.72. The van der Waals surface area contributed by atoms with Crippen molar-refractivity contribution in [1.82, 2.24) is 4.98 Å². The van der Waals surface area contributed by atoms with E-state index in [9.17, 15) is 4.79 Å². The highest BCUT2D eigenvalue weighted by Gasteiger charge is 2.20. The van der Waals surface area contributed by atoms with Crippen molar-refractivity contribution >= 4 is 22.4 Å². The summed E-state index contributed by atoms with van der Waals surface area (Å²) in [7, 11) is 0. The summed E-state index contributed by atoms with van der Waals surface area (Å²) in [6.45, 7) is 6.41. The molecule has 1 aliphatic rings. The zero-order valence-electron chi connectivity index (χ0n) is 12.0. The van der Waals surface area contributed by atoms with E-state index in [1.807, 2.05) is 0 Å². The molecule has 106 valence electrons. The van der Waals surface area contributed by atoms with E-state index in [0.717, 1.165) is 24.4 Å². The van der Waals surface area contributed by atoms with Gasteiger partial charge in [-0.2, -0.15) is 0 Å². The third-order valence-corrected chi connectivity index (χ3v) is 4.24. The quantitative estimate of drug-likeness (QED) is 0.891. The minimum absolute atomic E-state index is 0.0239. The summed E-state index contributed by atoms with van der Waals surface area (Å²) in [5, 5.41) is 3.61. The fourth-order valence-corrected chi connectivity index (χ4v) is 3.58. The van der Waals surface area contributed by atoms with Crippen LogP contribution in [0, 0.1) is 5.41 Å². The van der Waals surface area contributed by atoms with Crippen LogP contribution >= 0.6 is 11.3 Å². The molecule has 5 heteroatoms. The van der Waals surface area contributed by atoms with Gasteiger partial charge >= 0.3 is 0 Å². The maximum atomic E-state index is 11.9. The molecule has 1 atom stereocenters. The van der Waals surface area contributed by atoms with Gasteiger partial charge in [0.05, 0.1) is 5.69 Å². The lowest BCUT2D eigenvalue weighted by Crippen LogP contribution is -2.31. The summed E-state index contributed by atoms with van der Waals surface area (Å²) >= 11 is 1.61. The van der Waals surface area contributed by atoms with E-state index in [4.69, 9.17) is 5.73 Å². The average molecular weight is 281 g/mol. The Morgan fingerprint density at radius 3 is 2.84 bits per heavy atom. The summed E-state index contributed by atoms with van der Waals surface area (Å²) in [6.07, 6.45) is 4.55. The summed E-state index contributed by atoms with van der Waals surface area (Å²) in [5.74, 6) is -0.0239. The predicted molar refractivity (Wildman–Crippen MR) is 79.4 cm³/mol. The molecule has 1 aromatic heterocycles. The average Bonchev–Trinajstić information content (AvgIpc) is 2.73. The Balaban J connectivity index is 1.83. The first-order valence-corrected chi connectivity index (χ1v) is 7.69.